The van der Waals surface area contributed by atoms with E-state index in [1.54, 1.807) is 6.20 Å². The van der Waals surface area contributed by atoms with Crippen LogP contribution in [-0.4, -0.2) is 10.9 Å². The molecule has 5 nitrogen and oxygen atoms in total. The monoisotopic (exact) mass is 283 g/mol. The van der Waals surface area contributed by atoms with E-state index in [9.17, 15) is 4.79 Å². The van der Waals surface area contributed by atoms with Crippen LogP contribution in [0.5, 0.6) is 11.5 Å². The van der Waals surface area contributed by atoms with E-state index in [0.717, 1.165) is 29.1 Å². The first-order valence-corrected chi connectivity index (χ1v) is 6.94. The van der Waals surface area contributed by atoms with Gasteiger partial charge in [-0.15, -0.1) is 0 Å². The molecule has 0 saturated heterocycles. The van der Waals surface area contributed by atoms with Crippen molar-refractivity contribution in [3.63, 3.8) is 0 Å². The molecule has 1 aromatic carbocycles. The summed E-state index contributed by atoms with van der Waals surface area (Å²) in [5.74, 6) is 1.46. The highest BCUT2D eigenvalue weighted by Crippen LogP contribution is 2.29. The molecule has 1 atom stereocenters. The van der Waals surface area contributed by atoms with Crippen LogP contribution >= 0.6 is 0 Å². The molecule has 1 amide bonds. The number of carbonyl (C=O) groups is 1. The molecule has 21 heavy (non-hydrogen) atoms. The maximum Gasteiger partial charge on any atom is 0.224 e. The number of hydrogen-bond donors (Lipinski definition) is 2. The van der Waals surface area contributed by atoms with Crippen LogP contribution in [0.25, 0.3) is 0 Å². The lowest BCUT2D eigenvalue weighted by Gasteiger charge is -2.17. The Morgan fingerprint density at radius 2 is 2.05 bits per heavy atom. The fraction of sp³-hybridized carbons (Fsp3) is 0.250. The Morgan fingerprint density at radius 3 is 2.76 bits per heavy atom. The van der Waals surface area contributed by atoms with E-state index in [4.69, 9.17) is 10.5 Å². The van der Waals surface area contributed by atoms with Crippen LogP contribution in [0.4, 0.5) is 5.69 Å². The number of ether oxygens (including phenoxy) is 1. The van der Waals surface area contributed by atoms with Crippen LogP contribution in [0, 0.1) is 0 Å². The van der Waals surface area contributed by atoms with E-state index in [-0.39, 0.29) is 11.9 Å². The number of hydrogen-bond acceptors (Lipinski definition) is 4. The van der Waals surface area contributed by atoms with Gasteiger partial charge in [-0.2, -0.15) is 0 Å². The lowest BCUT2D eigenvalue weighted by atomic mass is 10.0. The van der Waals surface area contributed by atoms with Crippen molar-refractivity contribution in [2.75, 3.05) is 5.32 Å². The zero-order valence-electron chi connectivity index (χ0n) is 11.8. The van der Waals surface area contributed by atoms with Gasteiger partial charge in [-0.05, 0) is 49.2 Å². The van der Waals surface area contributed by atoms with E-state index in [1.165, 1.54) is 0 Å². The van der Waals surface area contributed by atoms with Gasteiger partial charge in [0, 0.05) is 18.2 Å². The fourth-order valence-corrected chi connectivity index (χ4v) is 2.28. The lowest BCUT2D eigenvalue weighted by Crippen LogP contribution is -2.18. The van der Waals surface area contributed by atoms with Crippen molar-refractivity contribution in [2.24, 2.45) is 5.73 Å². The van der Waals surface area contributed by atoms with Crippen LogP contribution in [0.15, 0.2) is 36.5 Å². The maximum atomic E-state index is 11.3. The van der Waals surface area contributed by atoms with Crippen LogP contribution in [-0.2, 0) is 11.2 Å². The molecule has 3 N–H and O–H groups in total. The Balaban J connectivity index is 1.77. The molecule has 0 unspecified atom stereocenters. The van der Waals surface area contributed by atoms with E-state index in [0.29, 0.717) is 12.2 Å². The van der Waals surface area contributed by atoms with Gasteiger partial charge in [-0.1, -0.05) is 0 Å². The average Bonchev–Trinajstić information content (AvgIpc) is 2.48. The second-order valence-electron chi connectivity index (χ2n) is 5.18. The highest BCUT2D eigenvalue weighted by molar-refractivity contribution is 5.94. The van der Waals surface area contributed by atoms with Gasteiger partial charge in [0.2, 0.25) is 5.91 Å². The molecule has 0 saturated carbocycles. The summed E-state index contributed by atoms with van der Waals surface area (Å²) in [5, 5.41) is 2.85. The first kappa shape index (κ1) is 13.6. The Morgan fingerprint density at radius 1 is 1.24 bits per heavy atom. The van der Waals surface area contributed by atoms with E-state index >= 15 is 0 Å². The van der Waals surface area contributed by atoms with Crippen molar-refractivity contribution in [3.8, 4) is 11.5 Å². The van der Waals surface area contributed by atoms with Gasteiger partial charge in [0.25, 0.3) is 0 Å². The molecule has 0 aliphatic carbocycles. The molecule has 0 fully saturated rings. The third kappa shape index (κ3) is 3.03. The van der Waals surface area contributed by atoms with Gasteiger partial charge < -0.3 is 15.8 Å². The minimum atomic E-state index is -0.0913. The second-order valence-corrected chi connectivity index (χ2v) is 5.18. The largest absolute Gasteiger partial charge is 0.456 e. The quantitative estimate of drug-likeness (QED) is 0.908. The number of aromatic nitrogens is 1. The molecule has 0 bridgehead atoms. The standard InChI is InChI=1S/C16H17N3O2/c1-10(17)14-5-4-13(9-18-14)21-12-3-6-15-11(8-12)2-7-16(20)19-15/h3-6,8-10H,2,7,17H2,1H3,(H,19,20)/t10-/m0/s1. The summed E-state index contributed by atoms with van der Waals surface area (Å²) < 4.78 is 5.79. The number of carbonyl (C=O) groups excluding carboxylic acids is 1. The Kier molecular flexibility index (Phi) is 3.58. The topological polar surface area (TPSA) is 77.2 Å². The Labute approximate surface area is 123 Å². The molecule has 3 rings (SSSR count). The van der Waals surface area contributed by atoms with Crippen molar-refractivity contribution in [1.29, 1.82) is 0 Å². The molecule has 2 aromatic rings. The zero-order valence-corrected chi connectivity index (χ0v) is 11.8. The fourth-order valence-electron chi connectivity index (χ4n) is 2.28. The number of benzene rings is 1. The number of aryl methyl sites for hydroxylation is 1. The predicted molar refractivity (Wildman–Crippen MR) is 80.3 cm³/mol. The SMILES string of the molecule is C[C@H](N)c1ccc(Oc2ccc3c(c2)CCC(=O)N3)cn1. The first-order chi connectivity index (χ1) is 10.1. The first-order valence-electron chi connectivity index (χ1n) is 6.94. The molecule has 1 aromatic heterocycles. The van der Waals surface area contributed by atoms with Gasteiger partial charge in [0.1, 0.15) is 11.5 Å². The van der Waals surface area contributed by atoms with E-state index in [2.05, 4.69) is 10.3 Å². The number of amides is 1. The summed E-state index contributed by atoms with van der Waals surface area (Å²) >= 11 is 0. The minimum Gasteiger partial charge on any atom is -0.456 e. The van der Waals surface area contributed by atoms with Crippen molar-refractivity contribution in [2.45, 2.75) is 25.8 Å². The molecule has 0 radical (unpaired) electrons. The van der Waals surface area contributed by atoms with E-state index in [1.807, 2.05) is 37.3 Å². The van der Waals surface area contributed by atoms with Crippen molar-refractivity contribution in [3.05, 3.63) is 47.8 Å². The number of nitrogens with two attached hydrogens (primary N) is 1. The zero-order chi connectivity index (χ0) is 14.8. The minimum absolute atomic E-state index is 0.0619. The Bertz CT molecular complexity index is 666. The highest BCUT2D eigenvalue weighted by atomic mass is 16.5. The van der Waals surface area contributed by atoms with Gasteiger partial charge in [-0.25, -0.2) is 0 Å². The molecule has 1 aliphatic rings. The molecule has 2 heterocycles. The molecular formula is C16H17N3O2. The smallest absolute Gasteiger partial charge is 0.224 e. The third-order valence-electron chi connectivity index (χ3n) is 3.43. The maximum absolute atomic E-state index is 11.3. The summed E-state index contributed by atoms with van der Waals surface area (Å²) in [6.07, 6.45) is 2.92. The van der Waals surface area contributed by atoms with Crippen LogP contribution in [0.3, 0.4) is 0 Å². The molecule has 0 spiro atoms. The highest BCUT2D eigenvalue weighted by Gasteiger charge is 2.15. The summed E-state index contributed by atoms with van der Waals surface area (Å²) in [7, 11) is 0. The Hall–Kier alpha value is -2.40. The molecular weight excluding hydrogens is 266 g/mol. The van der Waals surface area contributed by atoms with Gasteiger partial charge in [0.15, 0.2) is 0 Å². The number of pyridine rings is 1. The van der Waals surface area contributed by atoms with Crippen LogP contribution < -0.4 is 15.8 Å². The number of anilines is 1. The molecule has 1 aliphatic heterocycles. The van der Waals surface area contributed by atoms with Gasteiger partial charge in [-0.3, -0.25) is 9.78 Å². The number of rotatable bonds is 3. The van der Waals surface area contributed by atoms with Gasteiger partial charge >= 0.3 is 0 Å². The summed E-state index contributed by atoms with van der Waals surface area (Å²) in [5.41, 5.74) is 8.55. The molecule has 5 heteroatoms. The van der Waals surface area contributed by atoms with E-state index < -0.39 is 0 Å². The average molecular weight is 283 g/mol. The van der Waals surface area contributed by atoms with Crippen LogP contribution in [0.1, 0.15) is 30.6 Å². The van der Waals surface area contributed by atoms with Crippen molar-refractivity contribution < 1.29 is 9.53 Å². The third-order valence-corrected chi connectivity index (χ3v) is 3.43. The normalized spacial score (nSPS) is 15.0. The number of nitrogens with zero attached hydrogens (tertiary/aromatic N) is 1. The summed E-state index contributed by atoms with van der Waals surface area (Å²) in [6.45, 7) is 1.89. The van der Waals surface area contributed by atoms with Crippen molar-refractivity contribution >= 4 is 11.6 Å². The predicted octanol–water partition coefficient (Wildman–Crippen LogP) is 2.78. The number of fused-ring (bicyclic) bond motifs is 1. The number of nitrogens with one attached hydrogen (secondary N) is 1. The summed E-state index contributed by atoms with van der Waals surface area (Å²) in [6, 6.07) is 9.28. The second kappa shape index (κ2) is 5.54. The summed E-state index contributed by atoms with van der Waals surface area (Å²) in [4.78, 5) is 15.6. The van der Waals surface area contributed by atoms with Crippen molar-refractivity contribution in [1.82, 2.24) is 4.98 Å². The van der Waals surface area contributed by atoms with Crippen LogP contribution in [0.2, 0.25) is 0 Å². The van der Waals surface area contributed by atoms with Gasteiger partial charge in [0.05, 0.1) is 11.9 Å². The lowest BCUT2D eigenvalue weighted by molar-refractivity contribution is -0.116. The molecule has 108 valence electrons.